The molecule has 0 bridgehead atoms. The number of rotatable bonds is 7. The Morgan fingerprint density at radius 2 is 1.78 bits per heavy atom. The number of fused-ring (bicyclic) bond motifs is 1. The van der Waals surface area contributed by atoms with Gasteiger partial charge in [-0.3, -0.25) is 4.79 Å². The predicted octanol–water partition coefficient (Wildman–Crippen LogP) is 4.40. The highest BCUT2D eigenvalue weighted by Crippen LogP contribution is 2.33. The van der Waals surface area contributed by atoms with Crippen LogP contribution in [0.2, 0.25) is 0 Å². The van der Waals surface area contributed by atoms with Crippen molar-refractivity contribution in [2.24, 2.45) is 0 Å². The van der Waals surface area contributed by atoms with Crippen molar-refractivity contribution in [1.29, 1.82) is 0 Å². The number of nitrogens with one attached hydrogen (secondary N) is 2. The second-order valence-corrected chi connectivity index (χ2v) is 9.54. The van der Waals surface area contributed by atoms with E-state index in [4.69, 9.17) is 4.74 Å². The molecule has 2 aliphatic heterocycles. The van der Waals surface area contributed by atoms with Gasteiger partial charge in [-0.05, 0) is 55.5 Å². The molecule has 32 heavy (non-hydrogen) atoms. The molecule has 1 unspecified atom stereocenters. The molecule has 170 valence electrons. The Morgan fingerprint density at radius 3 is 2.56 bits per heavy atom. The normalized spacial score (nSPS) is 21.6. The number of nitrogens with zero attached hydrogens (tertiary/aromatic N) is 1. The Morgan fingerprint density at radius 1 is 0.969 bits per heavy atom. The van der Waals surface area contributed by atoms with Gasteiger partial charge in [0.1, 0.15) is 12.4 Å². The van der Waals surface area contributed by atoms with E-state index in [0.29, 0.717) is 19.2 Å². The van der Waals surface area contributed by atoms with Gasteiger partial charge in [0.15, 0.2) is 0 Å². The van der Waals surface area contributed by atoms with E-state index in [-0.39, 0.29) is 11.9 Å². The third-order valence-corrected chi connectivity index (χ3v) is 7.28. The standard InChI is InChI=1S/C27H35N3O2/c31-27-24-9-4-10-26(25(24)18-30(27)23-8-5-15-28-17-23)32-19-21-13-11-20(12-14-21)16-29-22-6-2-1-3-7-22/h4,9-14,22-23,28-29H,1-3,5-8,15-19H2. The van der Waals surface area contributed by atoms with Crippen LogP contribution in [0.15, 0.2) is 42.5 Å². The molecular formula is C27H35N3O2. The van der Waals surface area contributed by atoms with Gasteiger partial charge < -0.3 is 20.3 Å². The van der Waals surface area contributed by atoms with Crippen LogP contribution in [0.1, 0.15) is 72.0 Å². The van der Waals surface area contributed by atoms with Crippen molar-refractivity contribution >= 4 is 5.91 Å². The van der Waals surface area contributed by atoms with Crippen molar-refractivity contribution in [2.75, 3.05) is 13.1 Å². The summed E-state index contributed by atoms with van der Waals surface area (Å²) in [6.07, 6.45) is 8.93. The molecule has 1 aliphatic carbocycles. The molecule has 5 rings (SSSR count). The van der Waals surface area contributed by atoms with Gasteiger partial charge >= 0.3 is 0 Å². The first-order valence-electron chi connectivity index (χ1n) is 12.4. The maximum atomic E-state index is 13.0. The summed E-state index contributed by atoms with van der Waals surface area (Å²) < 4.78 is 6.20. The van der Waals surface area contributed by atoms with Gasteiger partial charge in [-0.2, -0.15) is 0 Å². The van der Waals surface area contributed by atoms with Crippen molar-refractivity contribution in [3.8, 4) is 5.75 Å². The molecule has 0 spiro atoms. The van der Waals surface area contributed by atoms with Crippen LogP contribution in [0.5, 0.6) is 5.75 Å². The number of hydrogen-bond donors (Lipinski definition) is 2. The first-order valence-corrected chi connectivity index (χ1v) is 12.4. The second kappa shape index (κ2) is 10.1. The van der Waals surface area contributed by atoms with Gasteiger partial charge in [-0.15, -0.1) is 0 Å². The lowest BCUT2D eigenvalue weighted by Crippen LogP contribution is -2.46. The van der Waals surface area contributed by atoms with Crippen LogP contribution in [0.4, 0.5) is 0 Å². The molecule has 2 heterocycles. The highest BCUT2D eigenvalue weighted by molar-refractivity contribution is 5.99. The van der Waals surface area contributed by atoms with E-state index in [1.54, 1.807) is 0 Å². The van der Waals surface area contributed by atoms with Crippen LogP contribution in [0.3, 0.4) is 0 Å². The van der Waals surface area contributed by atoms with Gasteiger partial charge in [0.2, 0.25) is 0 Å². The van der Waals surface area contributed by atoms with Crippen molar-refractivity contribution in [3.63, 3.8) is 0 Å². The van der Waals surface area contributed by atoms with E-state index in [2.05, 4.69) is 34.9 Å². The number of carbonyl (C=O) groups excluding carboxylic acids is 1. The topological polar surface area (TPSA) is 53.6 Å². The summed E-state index contributed by atoms with van der Waals surface area (Å²) in [5.74, 6) is 0.985. The first-order chi connectivity index (χ1) is 15.8. The van der Waals surface area contributed by atoms with Gasteiger partial charge in [-0.25, -0.2) is 0 Å². The second-order valence-electron chi connectivity index (χ2n) is 9.54. The van der Waals surface area contributed by atoms with Crippen molar-refractivity contribution < 1.29 is 9.53 Å². The molecule has 1 amide bonds. The van der Waals surface area contributed by atoms with Crippen LogP contribution in [0.25, 0.3) is 0 Å². The van der Waals surface area contributed by atoms with E-state index in [1.807, 2.05) is 23.1 Å². The van der Waals surface area contributed by atoms with Gasteiger partial charge in [0.25, 0.3) is 5.91 Å². The van der Waals surface area contributed by atoms with E-state index in [1.165, 1.54) is 37.7 Å². The smallest absolute Gasteiger partial charge is 0.254 e. The average Bonchev–Trinajstić information content (AvgIpc) is 3.20. The lowest BCUT2D eigenvalue weighted by molar-refractivity contribution is 0.0674. The number of piperidine rings is 1. The minimum absolute atomic E-state index is 0.147. The Kier molecular flexibility index (Phi) is 6.75. The van der Waals surface area contributed by atoms with Gasteiger partial charge in [0, 0.05) is 36.3 Å². The summed E-state index contributed by atoms with van der Waals surface area (Å²) in [4.78, 5) is 15.0. The Balaban J connectivity index is 1.18. The monoisotopic (exact) mass is 433 g/mol. The fourth-order valence-electron chi connectivity index (χ4n) is 5.34. The zero-order chi connectivity index (χ0) is 21.8. The zero-order valence-corrected chi connectivity index (χ0v) is 18.9. The molecule has 2 aromatic rings. The summed E-state index contributed by atoms with van der Waals surface area (Å²) in [7, 11) is 0. The van der Waals surface area contributed by atoms with Crippen molar-refractivity contribution in [1.82, 2.24) is 15.5 Å². The Bertz CT molecular complexity index is 915. The summed E-state index contributed by atoms with van der Waals surface area (Å²) in [5, 5.41) is 7.13. The van der Waals surface area contributed by atoms with E-state index >= 15 is 0 Å². The highest BCUT2D eigenvalue weighted by atomic mass is 16.5. The number of benzene rings is 2. The quantitative estimate of drug-likeness (QED) is 0.680. The third kappa shape index (κ3) is 4.84. The number of ether oxygens (including phenoxy) is 1. The molecule has 5 heteroatoms. The number of amides is 1. The number of hydrogen-bond acceptors (Lipinski definition) is 4. The molecule has 0 radical (unpaired) electrons. The van der Waals surface area contributed by atoms with E-state index < -0.39 is 0 Å². The Hall–Kier alpha value is -2.37. The van der Waals surface area contributed by atoms with Crippen LogP contribution in [-0.4, -0.2) is 36.0 Å². The van der Waals surface area contributed by atoms with Gasteiger partial charge in [0.05, 0.1) is 6.54 Å². The van der Waals surface area contributed by atoms with E-state index in [9.17, 15) is 4.79 Å². The fraction of sp³-hybridized carbons (Fsp3) is 0.519. The minimum Gasteiger partial charge on any atom is -0.489 e. The fourth-order valence-corrected chi connectivity index (χ4v) is 5.34. The molecule has 0 aromatic heterocycles. The third-order valence-electron chi connectivity index (χ3n) is 7.28. The Labute approximate surface area is 191 Å². The van der Waals surface area contributed by atoms with Crippen molar-refractivity contribution in [3.05, 3.63) is 64.7 Å². The molecule has 1 atom stereocenters. The lowest BCUT2D eigenvalue weighted by Gasteiger charge is -2.31. The van der Waals surface area contributed by atoms with Crippen LogP contribution >= 0.6 is 0 Å². The molecule has 5 nitrogen and oxygen atoms in total. The minimum atomic E-state index is 0.147. The lowest BCUT2D eigenvalue weighted by atomic mass is 9.95. The van der Waals surface area contributed by atoms with Crippen LogP contribution in [0, 0.1) is 0 Å². The zero-order valence-electron chi connectivity index (χ0n) is 18.9. The van der Waals surface area contributed by atoms with Crippen LogP contribution in [-0.2, 0) is 19.7 Å². The van der Waals surface area contributed by atoms with Crippen LogP contribution < -0.4 is 15.4 Å². The van der Waals surface area contributed by atoms with Crippen molar-refractivity contribution in [2.45, 2.75) is 76.7 Å². The largest absolute Gasteiger partial charge is 0.489 e. The summed E-state index contributed by atoms with van der Waals surface area (Å²) >= 11 is 0. The summed E-state index contributed by atoms with van der Waals surface area (Å²) in [6.45, 7) is 4.05. The number of carbonyl (C=O) groups is 1. The van der Waals surface area contributed by atoms with E-state index in [0.717, 1.165) is 54.9 Å². The molecule has 2 aromatic carbocycles. The molecule has 1 saturated heterocycles. The summed E-state index contributed by atoms with van der Waals surface area (Å²) in [5.41, 5.74) is 4.32. The van der Waals surface area contributed by atoms with Gasteiger partial charge in [-0.1, -0.05) is 49.6 Å². The SMILES string of the molecule is O=C1c2cccc(OCc3ccc(CNC4CCCCC4)cc3)c2CN1C1CCCNC1. The molecule has 2 fully saturated rings. The molecule has 3 aliphatic rings. The maximum Gasteiger partial charge on any atom is 0.254 e. The molecule has 2 N–H and O–H groups in total. The molecule has 1 saturated carbocycles. The predicted molar refractivity (Wildman–Crippen MR) is 127 cm³/mol. The maximum absolute atomic E-state index is 13.0. The average molecular weight is 434 g/mol. The summed E-state index contributed by atoms with van der Waals surface area (Å²) in [6, 6.07) is 15.6. The first kappa shape index (κ1) is 21.5. The highest BCUT2D eigenvalue weighted by Gasteiger charge is 2.35. The molecular weight excluding hydrogens is 398 g/mol.